The normalized spacial score (nSPS) is 18.0. The van der Waals surface area contributed by atoms with Crippen molar-refractivity contribution in [2.24, 2.45) is 5.92 Å². The highest BCUT2D eigenvalue weighted by atomic mass is 19.1. The highest BCUT2D eigenvalue weighted by molar-refractivity contribution is 6.07. The first-order valence-corrected chi connectivity index (χ1v) is 15.8. The van der Waals surface area contributed by atoms with Crippen LogP contribution in [0.3, 0.4) is 0 Å². The van der Waals surface area contributed by atoms with Gasteiger partial charge in [0.15, 0.2) is 0 Å². The summed E-state index contributed by atoms with van der Waals surface area (Å²) in [6.07, 6.45) is 4.37. The molecule has 2 heterocycles. The van der Waals surface area contributed by atoms with Gasteiger partial charge in [0.1, 0.15) is 5.82 Å². The lowest BCUT2D eigenvalue weighted by Crippen LogP contribution is -2.40. The molecule has 0 unspecified atom stereocenters. The molecule has 2 aliphatic heterocycles. The van der Waals surface area contributed by atoms with Crippen molar-refractivity contribution in [2.45, 2.75) is 52.1 Å². The van der Waals surface area contributed by atoms with Gasteiger partial charge in [-0.15, -0.1) is 0 Å². The molecule has 0 bridgehead atoms. The fourth-order valence-electron chi connectivity index (χ4n) is 6.49. The Morgan fingerprint density at radius 3 is 2.23 bits per heavy atom. The van der Waals surface area contributed by atoms with Crippen LogP contribution in [-0.4, -0.2) is 72.8 Å². The van der Waals surface area contributed by atoms with E-state index in [0.29, 0.717) is 37.5 Å². The Bertz CT molecular complexity index is 1360. The molecule has 1 saturated heterocycles. The highest BCUT2D eigenvalue weighted by Crippen LogP contribution is 2.30. The van der Waals surface area contributed by atoms with Gasteiger partial charge >= 0.3 is 0 Å². The van der Waals surface area contributed by atoms with Gasteiger partial charge in [-0.05, 0) is 99.6 Å². The fourth-order valence-corrected chi connectivity index (χ4v) is 6.49. The lowest BCUT2D eigenvalue weighted by atomic mass is 9.93. The second-order valence-corrected chi connectivity index (χ2v) is 12.3. The average molecular weight is 585 g/mol. The molecule has 0 saturated carbocycles. The molecule has 3 aromatic carbocycles. The number of carbonyl (C=O) groups is 2. The van der Waals surface area contributed by atoms with Crippen LogP contribution >= 0.6 is 0 Å². The van der Waals surface area contributed by atoms with Gasteiger partial charge in [0.2, 0.25) is 5.91 Å². The summed E-state index contributed by atoms with van der Waals surface area (Å²) in [7, 11) is 2.15. The van der Waals surface area contributed by atoms with Crippen LogP contribution in [0.2, 0.25) is 0 Å². The van der Waals surface area contributed by atoms with Crippen molar-refractivity contribution in [1.29, 1.82) is 0 Å². The van der Waals surface area contributed by atoms with E-state index >= 15 is 0 Å². The van der Waals surface area contributed by atoms with Crippen LogP contribution in [0, 0.1) is 18.7 Å². The number of piperidine rings is 1. The van der Waals surface area contributed by atoms with Crippen molar-refractivity contribution in [2.75, 3.05) is 51.2 Å². The van der Waals surface area contributed by atoms with Crippen LogP contribution in [-0.2, 0) is 17.9 Å². The lowest BCUT2D eigenvalue weighted by molar-refractivity contribution is -0.133. The summed E-state index contributed by atoms with van der Waals surface area (Å²) in [4.78, 5) is 36.6. The fraction of sp³-hybridized carbons (Fsp3) is 0.444. The first kappa shape index (κ1) is 30.9. The molecule has 7 heteroatoms. The van der Waals surface area contributed by atoms with E-state index in [1.807, 2.05) is 34.9 Å². The summed E-state index contributed by atoms with van der Waals surface area (Å²) in [6, 6.07) is 22.4. The van der Waals surface area contributed by atoms with Crippen LogP contribution in [0.5, 0.6) is 0 Å². The minimum atomic E-state index is -0.364. The number of halogens is 1. The zero-order valence-electron chi connectivity index (χ0n) is 25.7. The summed E-state index contributed by atoms with van der Waals surface area (Å²) in [6.45, 7) is 8.30. The molecule has 3 aromatic rings. The topological polar surface area (TPSA) is 47.1 Å². The molecule has 2 amide bonds. The maximum Gasteiger partial charge on any atom is 0.258 e. The average Bonchev–Trinajstić information content (AvgIpc) is 3.00. The van der Waals surface area contributed by atoms with Crippen LogP contribution in [0.4, 0.5) is 10.1 Å². The van der Waals surface area contributed by atoms with Gasteiger partial charge in [-0.1, -0.05) is 48.5 Å². The molecule has 0 radical (unpaired) electrons. The smallest absolute Gasteiger partial charge is 0.258 e. The van der Waals surface area contributed by atoms with E-state index in [9.17, 15) is 14.0 Å². The van der Waals surface area contributed by atoms with Crippen molar-refractivity contribution in [3.05, 3.63) is 101 Å². The maximum absolute atomic E-state index is 14.0. The van der Waals surface area contributed by atoms with Gasteiger partial charge < -0.3 is 14.7 Å². The van der Waals surface area contributed by atoms with Crippen LogP contribution < -0.4 is 4.90 Å². The minimum Gasteiger partial charge on any atom is -0.338 e. The number of likely N-dealkylation sites (tertiary alicyclic amines) is 1. The number of hydrogen-bond acceptors (Lipinski definition) is 4. The molecule has 5 rings (SSSR count). The van der Waals surface area contributed by atoms with Crippen LogP contribution in [0.15, 0.2) is 72.8 Å². The molecule has 43 heavy (non-hydrogen) atoms. The SMILES string of the molecule is Cc1cccc2c1N(C(=O)c1ccc(F)cc1)CCCN(Cc1ccccc1)CCCN(C(=O)CC1CCN(C)CC1)C2. The van der Waals surface area contributed by atoms with Crippen molar-refractivity contribution >= 4 is 17.5 Å². The molecule has 0 atom stereocenters. The molecule has 6 nitrogen and oxygen atoms in total. The molecule has 0 N–H and O–H groups in total. The second-order valence-electron chi connectivity index (χ2n) is 12.3. The zero-order valence-corrected chi connectivity index (χ0v) is 25.7. The molecule has 228 valence electrons. The number of benzene rings is 3. The van der Waals surface area contributed by atoms with Gasteiger partial charge in [-0.2, -0.15) is 0 Å². The lowest BCUT2D eigenvalue weighted by Gasteiger charge is -2.34. The number of aryl methyl sites for hydroxylation is 1. The number of fused-ring (bicyclic) bond motifs is 1. The summed E-state index contributed by atoms with van der Waals surface area (Å²) in [5, 5.41) is 0. The van der Waals surface area contributed by atoms with Crippen molar-refractivity contribution < 1.29 is 14.0 Å². The van der Waals surface area contributed by atoms with Gasteiger partial charge in [0.05, 0.1) is 5.69 Å². The van der Waals surface area contributed by atoms with Gasteiger partial charge in [0.25, 0.3) is 5.91 Å². The number of anilines is 1. The number of nitrogens with zero attached hydrogens (tertiary/aromatic N) is 4. The molecule has 0 aromatic heterocycles. The second kappa shape index (κ2) is 14.8. The monoisotopic (exact) mass is 584 g/mol. The predicted octanol–water partition coefficient (Wildman–Crippen LogP) is 6.14. The summed E-state index contributed by atoms with van der Waals surface area (Å²) in [5.74, 6) is 0.0989. The van der Waals surface area contributed by atoms with E-state index in [-0.39, 0.29) is 17.6 Å². The molecule has 0 aliphatic carbocycles. The Morgan fingerprint density at radius 1 is 0.814 bits per heavy atom. The summed E-state index contributed by atoms with van der Waals surface area (Å²) in [5.41, 5.74) is 4.55. The van der Waals surface area contributed by atoms with Crippen LogP contribution in [0.1, 0.15) is 59.2 Å². The number of hydrogen-bond donors (Lipinski definition) is 0. The van der Waals surface area contributed by atoms with E-state index in [4.69, 9.17) is 0 Å². The largest absolute Gasteiger partial charge is 0.338 e. The van der Waals surface area contributed by atoms with E-state index in [0.717, 1.165) is 75.2 Å². The Balaban J connectivity index is 1.45. The third-order valence-electron chi connectivity index (χ3n) is 8.95. The Kier molecular flexibility index (Phi) is 10.6. The number of para-hydroxylation sites is 1. The number of amides is 2. The third kappa shape index (κ3) is 8.30. The quantitative estimate of drug-likeness (QED) is 0.362. The van der Waals surface area contributed by atoms with Crippen LogP contribution in [0.25, 0.3) is 0 Å². The maximum atomic E-state index is 14.0. The Hall–Kier alpha value is -3.55. The summed E-state index contributed by atoms with van der Waals surface area (Å²) >= 11 is 0. The number of carbonyl (C=O) groups excluding carboxylic acids is 2. The third-order valence-corrected chi connectivity index (χ3v) is 8.95. The highest BCUT2D eigenvalue weighted by Gasteiger charge is 2.27. The van der Waals surface area contributed by atoms with Gasteiger partial charge in [-0.25, -0.2) is 4.39 Å². The minimum absolute atomic E-state index is 0.147. The molecule has 0 spiro atoms. The van der Waals surface area contributed by atoms with Gasteiger partial charge in [-0.3, -0.25) is 14.5 Å². The first-order valence-electron chi connectivity index (χ1n) is 15.8. The Labute approximate surface area is 256 Å². The van der Waals surface area contributed by atoms with E-state index < -0.39 is 0 Å². The van der Waals surface area contributed by atoms with Crippen molar-refractivity contribution in [1.82, 2.24) is 14.7 Å². The van der Waals surface area contributed by atoms with E-state index in [1.54, 1.807) is 12.1 Å². The van der Waals surface area contributed by atoms with E-state index in [2.05, 4.69) is 47.2 Å². The molecule has 1 fully saturated rings. The number of rotatable bonds is 5. The molecular formula is C36H45FN4O2. The van der Waals surface area contributed by atoms with Crippen molar-refractivity contribution in [3.63, 3.8) is 0 Å². The van der Waals surface area contributed by atoms with E-state index in [1.165, 1.54) is 17.7 Å². The summed E-state index contributed by atoms with van der Waals surface area (Å²) < 4.78 is 13.8. The van der Waals surface area contributed by atoms with Crippen molar-refractivity contribution in [3.8, 4) is 0 Å². The molecular weight excluding hydrogens is 539 g/mol. The molecule has 2 aliphatic rings. The Morgan fingerprint density at radius 2 is 1.51 bits per heavy atom. The standard InChI is InChI=1S/C36H45FN4O2/c1-28-9-6-12-32-27-40(34(42)25-29-17-23-38(2)24-18-29)21-7-19-39(26-30-10-4-3-5-11-30)20-8-22-41(35(28)32)36(43)31-13-15-33(37)16-14-31/h3-6,9-16,29H,7-8,17-27H2,1-2H3. The predicted molar refractivity (Wildman–Crippen MR) is 170 cm³/mol. The first-order chi connectivity index (χ1) is 20.9. The van der Waals surface area contributed by atoms with Gasteiger partial charge in [0, 0.05) is 51.3 Å². The zero-order chi connectivity index (χ0) is 30.2.